The first-order valence-corrected chi connectivity index (χ1v) is 7.78. The third-order valence-electron chi connectivity index (χ3n) is 3.71. The van der Waals surface area contributed by atoms with Crippen molar-refractivity contribution in [3.8, 4) is 17.2 Å². The summed E-state index contributed by atoms with van der Waals surface area (Å²) >= 11 is 0. The minimum atomic E-state index is -2.95. The third-order valence-corrected chi connectivity index (χ3v) is 3.71. The number of para-hydroxylation sites is 1. The Bertz CT molecular complexity index is 832. The van der Waals surface area contributed by atoms with Crippen molar-refractivity contribution in [2.75, 3.05) is 13.7 Å². The van der Waals surface area contributed by atoms with E-state index >= 15 is 0 Å². The van der Waals surface area contributed by atoms with E-state index in [0.29, 0.717) is 16.9 Å². The summed E-state index contributed by atoms with van der Waals surface area (Å²) in [7, 11) is 1.34. The number of hydrogen-bond acceptors (Lipinski definition) is 5. The van der Waals surface area contributed by atoms with E-state index < -0.39 is 12.6 Å². The lowest BCUT2D eigenvalue weighted by Crippen LogP contribution is -2.17. The maximum Gasteiger partial charge on any atom is 0.387 e. The molecule has 0 fully saturated rings. The van der Waals surface area contributed by atoms with Crippen LogP contribution in [0.2, 0.25) is 0 Å². The number of benzene rings is 2. The van der Waals surface area contributed by atoms with Gasteiger partial charge >= 0.3 is 12.6 Å². The molecule has 2 aromatic carbocycles. The van der Waals surface area contributed by atoms with E-state index in [9.17, 15) is 13.6 Å². The van der Waals surface area contributed by atoms with Gasteiger partial charge in [0.1, 0.15) is 19.0 Å². The Balaban J connectivity index is 1.66. The van der Waals surface area contributed by atoms with E-state index in [2.05, 4.69) is 4.74 Å². The highest BCUT2D eigenvalue weighted by Crippen LogP contribution is 2.30. The fourth-order valence-corrected chi connectivity index (χ4v) is 2.47. The van der Waals surface area contributed by atoms with Crippen LogP contribution in [0.4, 0.5) is 8.78 Å². The molecule has 0 bridgehead atoms. The van der Waals surface area contributed by atoms with Crippen LogP contribution in [0.5, 0.6) is 17.2 Å². The minimum Gasteiger partial charge on any atom is -0.493 e. The van der Waals surface area contributed by atoms with E-state index in [1.165, 1.54) is 25.3 Å². The van der Waals surface area contributed by atoms with Gasteiger partial charge in [0.2, 0.25) is 0 Å². The number of halogens is 2. The Morgan fingerprint density at radius 2 is 2.00 bits per heavy atom. The second kappa shape index (κ2) is 7.86. The van der Waals surface area contributed by atoms with Crippen molar-refractivity contribution in [3.05, 3.63) is 59.2 Å². The van der Waals surface area contributed by atoms with Gasteiger partial charge in [0.25, 0.3) is 0 Å². The smallest absolute Gasteiger partial charge is 0.387 e. The summed E-state index contributed by atoms with van der Waals surface area (Å²) in [6.45, 7) is -2.86. The van der Waals surface area contributed by atoms with E-state index in [-0.39, 0.29) is 24.7 Å². The van der Waals surface area contributed by atoms with Crippen LogP contribution in [0.1, 0.15) is 11.1 Å². The Labute approximate surface area is 148 Å². The normalized spacial score (nSPS) is 12.7. The number of hydrogen-bond donors (Lipinski definition) is 0. The lowest BCUT2D eigenvalue weighted by Gasteiger charge is -2.17. The zero-order chi connectivity index (χ0) is 18.5. The second-order valence-electron chi connectivity index (χ2n) is 5.44. The molecule has 136 valence electrons. The van der Waals surface area contributed by atoms with E-state index in [4.69, 9.17) is 14.2 Å². The van der Waals surface area contributed by atoms with Crippen molar-refractivity contribution in [2.45, 2.75) is 13.2 Å². The summed E-state index contributed by atoms with van der Waals surface area (Å²) in [6, 6.07) is 11.7. The standard InChI is InChI=1S/C19H16F2O5/c1-23-17-8-12(6-7-16(17)26-19(20)21)10-25-18(22)14-9-13-4-2-3-5-15(13)24-11-14/h2-9,19H,10-11H2,1H3. The SMILES string of the molecule is COc1cc(COC(=O)C2=Cc3ccccc3OC2)ccc1OC(F)F. The Kier molecular flexibility index (Phi) is 5.36. The first-order chi connectivity index (χ1) is 12.6. The number of alkyl halides is 2. The molecule has 0 spiro atoms. The number of rotatable bonds is 6. The van der Waals surface area contributed by atoms with Crippen molar-refractivity contribution in [1.82, 2.24) is 0 Å². The third kappa shape index (κ3) is 4.11. The van der Waals surface area contributed by atoms with Crippen molar-refractivity contribution in [2.24, 2.45) is 0 Å². The number of esters is 1. The predicted molar refractivity (Wildman–Crippen MR) is 89.3 cm³/mol. The maximum absolute atomic E-state index is 12.3. The van der Waals surface area contributed by atoms with Gasteiger partial charge in [-0.1, -0.05) is 24.3 Å². The molecule has 1 heterocycles. The molecule has 26 heavy (non-hydrogen) atoms. The van der Waals surface area contributed by atoms with Crippen molar-refractivity contribution < 1.29 is 32.5 Å². The summed E-state index contributed by atoms with van der Waals surface area (Å²) in [5, 5.41) is 0. The number of carbonyl (C=O) groups is 1. The van der Waals surface area contributed by atoms with E-state index in [1.807, 2.05) is 24.3 Å². The summed E-state index contributed by atoms with van der Waals surface area (Å²) in [6.07, 6.45) is 1.72. The monoisotopic (exact) mass is 362 g/mol. The van der Waals surface area contributed by atoms with Crippen LogP contribution in [0.25, 0.3) is 6.08 Å². The van der Waals surface area contributed by atoms with Gasteiger partial charge in [-0.15, -0.1) is 0 Å². The van der Waals surface area contributed by atoms with Crippen molar-refractivity contribution in [3.63, 3.8) is 0 Å². The highest BCUT2D eigenvalue weighted by Gasteiger charge is 2.18. The van der Waals surface area contributed by atoms with Crippen LogP contribution in [0, 0.1) is 0 Å². The number of methoxy groups -OCH3 is 1. The highest BCUT2D eigenvalue weighted by atomic mass is 19.3. The molecular weight excluding hydrogens is 346 g/mol. The first-order valence-electron chi connectivity index (χ1n) is 7.78. The summed E-state index contributed by atoms with van der Waals surface area (Å²) in [4.78, 5) is 12.2. The van der Waals surface area contributed by atoms with Crippen LogP contribution in [0.3, 0.4) is 0 Å². The molecule has 0 saturated heterocycles. The number of fused-ring (bicyclic) bond motifs is 1. The molecule has 0 saturated carbocycles. The zero-order valence-corrected chi connectivity index (χ0v) is 13.9. The van der Waals surface area contributed by atoms with Crippen molar-refractivity contribution >= 4 is 12.0 Å². The Morgan fingerprint density at radius 3 is 2.77 bits per heavy atom. The minimum absolute atomic E-state index is 0.0386. The zero-order valence-electron chi connectivity index (χ0n) is 13.9. The summed E-state index contributed by atoms with van der Waals surface area (Å²) in [5.41, 5.74) is 1.78. The summed E-state index contributed by atoms with van der Waals surface area (Å²) in [5.74, 6) is 0.250. The second-order valence-corrected chi connectivity index (χ2v) is 5.44. The molecule has 7 heteroatoms. The lowest BCUT2D eigenvalue weighted by atomic mass is 10.1. The van der Waals surface area contributed by atoms with Gasteiger partial charge in [-0.05, 0) is 29.8 Å². The molecule has 0 unspecified atom stereocenters. The Hall–Kier alpha value is -3.09. The quantitative estimate of drug-likeness (QED) is 0.732. The molecule has 1 aliphatic heterocycles. The average molecular weight is 362 g/mol. The number of ether oxygens (including phenoxy) is 4. The predicted octanol–water partition coefficient (Wildman–Crippen LogP) is 3.82. The van der Waals surface area contributed by atoms with Gasteiger partial charge in [-0.2, -0.15) is 8.78 Å². The van der Waals surface area contributed by atoms with Gasteiger partial charge in [0.15, 0.2) is 11.5 Å². The Morgan fingerprint density at radius 1 is 1.19 bits per heavy atom. The molecule has 0 aromatic heterocycles. The maximum atomic E-state index is 12.3. The molecule has 2 aromatic rings. The van der Waals surface area contributed by atoms with Gasteiger partial charge in [0.05, 0.1) is 12.7 Å². The van der Waals surface area contributed by atoms with Crippen LogP contribution in [0.15, 0.2) is 48.0 Å². The summed E-state index contributed by atoms with van der Waals surface area (Å²) < 4.78 is 44.8. The van der Waals surface area contributed by atoms with E-state index in [0.717, 1.165) is 5.56 Å². The fraction of sp³-hybridized carbons (Fsp3) is 0.211. The first kappa shape index (κ1) is 17.7. The highest BCUT2D eigenvalue weighted by molar-refractivity contribution is 5.95. The van der Waals surface area contributed by atoms with Gasteiger partial charge in [-0.25, -0.2) is 4.79 Å². The molecule has 0 radical (unpaired) electrons. The fourth-order valence-electron chi connectivity index (χ4n) is 2.47. The van der Waals surface area contributed by atoms with Gasteiger partial charge in [-0.3, -0.25) is 0 Å². The molecule has 0 N–H and O–H groups in total. The van der Waals surface area contributed by atoms with Crippen LogP contribution in [-0.4, -0.2) is 26.3 Å². The molecule has 3 rings (SSSR count). The van der Waals surface area contributed by atoms with Crippen LogP contribution >= 0.6 is 0 Å². The molecule has 0 aliphatic carbocycles. The van der Waals surface area contributed by atoms with Crippen LogP contribution in [-0.2, 0) is 16.1 Å². The van der Waals surface area contributed by atoms with Crippen molar-refractivity contribution in [1.29, 1.82) is 0 Å². The topological polar surface area (TPSA) is 54.0 Å². The van der Waals surface area contributed by atoms with Crippen LogP contribution < -0.4 is 14.2 Å². The number of carbonyl (C=O) groups excluding carboxylic acids is 1. The molecule has 5 nitrogen and oxygen atoms in total. The molecule has 1 aliphatic rings. The average Bonchev–Trinajstić information content (AvgIpc) is 2.66. The largest absolute Gasteiger partial charge is 0.493 e. The lowest BCUT2D eigenvalue weighted by molar-refractivity contribution is -0.140. The molecular formula is C19H16F2O5. The van der Waals surface area contributed by atoms with E-state index in [1.54, 1.807) is 6.08 Å². The van der Waals surface area contributed by atoms with Gasteiger partial charge in [0, 0.05) is 5.56 Å². The molecule has 0 amide bonds. The molecule has 0 atom stereocenters. The van der Waals surface area contributed by atoms with Gasteiger partial charge < -0.3 is 18.9 Å².